The Balaban J connectivity index is 1.06. The molecule has 0 unspecified atom stereocenters. The maximum atomic E-state index is 6.76. The van der Waals surface area contributed by atoms with Gasteiger partial charge in [0.05, 0.1) is 0 Å². The van der Waals surface area contributed by atoms with E-state index in [2.05, 4.69) is 270 Å². The minimum atomic E-state index is -0.226. The first-order valence-corrected chi connectivity index (χ1v) is 26.6. The van der Waals surface area contributed by atoms with E-state index in [9.17, 15) is 0 Å². The Bertz CT molecular complexity index is 3720. The van der Waals surface area contributed by atoms with Crippen LogP contribution in [0.15, 0.2) is 200 Å². The fraction of sp³-hybridized carbons (Fsp3) is 0.182. The van der Waals surface area contributed by atoms with Crippen molar-refractivity contribution in [3.8, 4) is 45.3 Å². The summed E-state index contributed by atoms with van der Waals surface area (Å²) in [5, 5.41) is 0. The number of fused-ring (bicyclic) bond motifs is 2. The molecule has 0 fully saturated rings. The van der Waals surface area contributed by atoms with E-state index in [-0.39, 0.29) is 23.2 Å². The van der Waals surface area contributed by atoms with Crippen LogP contribution in [0.3, 0.4) is 0 Å². The Hall–Kier alpha value is -7.47. The molecular formula is C66H60BN5OPt-2. The molecule has 11 rings (SSSR count). The number of aromatic nitrogens is 3. The van der Waals surface area contributed by atoms with Gasteiger partial charge in [-0.1, -0.05) is 48.5 Å². The van der Waals surface area contributed by atoms with Crippen molar-refractivity contribution in [3.05, 3.63) is 233 Å². The van der Waals surface area contributed by atoms with Gasteiger partial charge in [0.1, 0.15) is 0 Å². The summed E-state index contributed by atoms with van der Waals surface area (Å²) in [5.41, 5.74) is 16.7. The average molecular weight is 1150 g/mol. The van der Waals surface area contributed by atoms with Crippen molar-refractivity contribution in [1.29, 1.82) is 0 Å². The van der Waals surface area contributed by atoms with Gasteiger partial charge in [0.15, 0.2) is 0 Å². The number of nitrogens with zero attached hydrogens (tertiary/aromatic N) is 5. The summed E-state index contributed by atoms with van der Waals surface area (Å²) in [6.45, 7) is 20.6. The predicted molar refractivity (Wildman–Crippen MR) is 304 cm³/mol. The van der Waals surface area contributed by atoms with Crippen molar-refractivity contribution >= 4 is 46.4 Å². The number of para-hydroxylation sites is 4. The third-order valence-corrected chi connectivity index (χ3v) is 15.1. The molecule has 0 aliphatic carbocycles. The van der Waals surface area contributed by atoms with E-state index in [0.717, 1.165) is 60.1 Å². The Morgan fingerprint density at radius 1 is 0.514 bits per heavy atom. The summed E-state index contributed by atoms with van der Waals surface area (Å²) in [6.07, 6.45) is 0. The first-order valence-electron chi connectivity index (χ1n) is 25.5. The second kappa shape index (κ2) is 19.1. The van der Waals surface area contributed by atoms with Crippen LogP contribution in [0.4, 0.5) is 22.9 Å². The van der Waals surface area contributed by atoms with Gasteiger partial charge in [-0.25, -0.2) is 0 Å². The van der Waals surface area contributed by atoms with Crippen LogP contribution in [0, 0.1) is 15.9 Å². The second-order valence-corrected chi connectivity index (χ2v) is 23.4. The Morgan fingerprint density at radius 2 is 1.08 bits per heavy atom. The molecule has 8 heteroatoms. The van der Waals surface area contributed by atoms with Crippen molar-refractivity contribution in [2.45, 2.75) is 78.6 Å². The fourth-order valence-corrected chi connectivity index (χ4v) is 11.2. The number of hydrogen-bond donors (Lipinski definition) is 0. The molecule has 0 radical (unpaired) electrons. The van der Waals surface area contributed by atoms with Gasteiger partial charge in [0.2, 0.25) is 0 Å². The molecule has 2 aromatic heterocycles. The number of rotatable bonds is 9. The first kappa shape index (κ1) is 48.8. The Morgan fingerprint density at radius 3 is 1.73 bits per heavy atom. The quantitative estimate of drug-likeness (QED) is 0.107. The van der Waals surface area contributed by atoms with Gasteiger partial charge in [-0.2, -0.15) is 12.1 Å². The van der Waals surface area contributed by atoms with E-state index >= 15 is 0 Å². The summed E-state index contributed by atoms with van der Waals surface area (Å²) in [6, 6.07) is 78.4. The zero-order valence-corrected chi connectivity index (χ0v) is 45.9. The van der Waals surface area contributed by atoms with E-state index in [1.54, 1.807) is 0 Å². The summed E-state index contributed by atoms with van der Waals surface area (Å²) in [5.74, 6) is 1.76. The number of ether oxygens (including phenoxy) is 1. The molecule has 8 aromatic carbocycles. The van der Waals surface area contributed by atoms with E-state index in [4.69, 9.17) is 9.72 Å². The van der Waals surface area contributed by atoms with Crippen LogP contribution in [0.2, 0.25) is 0 Å². The zero-order valence-electron chi connectivity index (χ0n) is 43.6. The van der Waals surface area contributed by atoms with Crippen molar-refractivity contribution < 1.29 is 24.1 Å². The molecule has 0 atom stereocenters. The minimum absolute atomic E-state index is 0.0656. The molecule has 74 heavy (non-hydrogen) atoms. The molecule has 370 valence electrons. The summed E-state index contributed by atoms with van der Waals surface area (Å²) >= 11 is 2.53. The number of anilines is 4. The van der Waals surface area contributed by atoms with Crippen LogP contribution in [0.25, 0.3) is 44.7 Å². The van der Waals surface area contributed by atoms with Crippen molar-refractivity contribution in [3.63, 3.8) is 0 Å². The SMILES string of the molecule is CC(C)(C)c1cc(-c2cc(C(C)(C)C)cc(-c3ccccc3)c2-n2[c](=[Pt])n(-c3[c-]c(Oc4cccc(N5B(c6ccccc6)N(c6ccccc6)c6ccc[c-]c65)n4)ccc3)c3ccccc32)cc(C(C)(C)C)c1. The summed E-state index contributed by atoms with van der Waals surface area (Å²) in [7, 11) is 0. The fourth-order valence-electron chi connectivity index (χ4n) is 10.1. The van der Waals surface area contributed by atoms with Crippen LogP contribution in [-0.4, -0.2) is 21.1 Å². The number of hydrogen-bond acceptors (Lipinski definition) is 4. The second-order valence-electron chi connectivity index (χ2n) is 22.3. The maximum absolute atomic E-state index is 6.76. The van der Waals surface area contributed by atoms with Crippen LogP contribution >= 0.6 is 0 Å². The van der Waals surface area contributed by atoms with Gasteiger partial charge in [-0.15, -0.1) is 6.07 Å². The zero-order chi connectivity index (χ0) is 51.5. The average Bonchev–Trinajstić information content (AvgIpc) is 3.91. The molecule has 1 aliphatic rings. The monoisotopic (exact) mass is 1140 g/mol. The van der Waals surface area contributed by atoms with E-state index in [0.29, 0.717) is 11.6 Å². The Labute approximate surface area is 448 Å². The van der Waals surface area contributed by atoms with Gasteiger partial charge in [0.25, 0.3) is 0 Å². The van der Waals surface area contributed by atoms with Gasteiger partial charge >= 0.3 is 366 Å². The number of pyridine rings is 1. The van der Waals surface area contributed by atoms with Crippen LogP contribution < -0.4 is 19.8 Å². The normalized spacial score (nSPS) is 12.9. The first-order chi connectivity index (χ1) is 35.5. The standard InChI is InChI=1S/C66H60BN5O.Pt/c1-64(2,3)48-39-47(40-49(41-48)65(4,5)6)56-43-50(66(7,8)9)42-55(46-25-13-10-14-26-46)63(56)70-45-69(57-33-19-20-34-58(57)70)53-31-23-32-54(44-53)73-62-38-24-37-61(68-62)72-60-36-22-21-35-59(60)71(52-29-17-12-18-30-52)67(72)51-27-15-11-16-28-51;/h10-35,37-43H,1-9H3;/q-2;. The van der Waals surface area contributed by atoms with Gasteiger partial charge in [-0.05, 0) is 12.1 Å². The molecule has 0 saturated heterocycles. The molecule has 3 heterocycles. The van der Waals surface area contributed by atoms with E-state index in [1.165, 1.54) is 33.4 Å². The molecule has 0 spiro atoms. The van der Waals surface area contributed by atoms with E-state index < -0.39 is 0 Å². The molecule has 0 amide bonds. The summed E-state index contributed by atoms with van der Waals surface area (Å²) in [4.78, 5) is 9.85. The van der Waals surface area contributed by atoms with Gasteiger partial charge in [-0.3, -0.25) is 0 Å². The molecule has 0 saturated carbocycles. The van der Waals surface area contributed by atoms with Crippen molar-refractivity contribution in [1.82, 2.24) is 14.1 Å². The number of benzene rings is 8. The Kier molecular flexibility index (Phi) is 12.6. The predicted octanol–water partition coefficient (Wildman–Crippen LogP) is 16.2. The topological polar surface area (TPSA) is 38.5 Å². The van der Waals surface area contributed by atoms with Crippen molar-refractivity contribution in [2.24, 2.45) is 0 Å². The van der Waals surface area contributed by atoms with Gasteiger partial charge < -0.3 is 0 Å². The van der Waals surface area contributed by atoms with Crippen molar-refractivity contribution in [2.75, 3.05) is 9.62 Å². The third kappa shape index (κ3) is 9.17. The molecule has 0 N–H and O–H groups in total. The molecule has 10 aromatic rings. The third-order valence-electron chi connectivity index (χ3n) is 14.1. The molecule has 0 bridgehead atoms. The molecule has 6 nitrogen and oxygen atoms in total. The van der Waals surface area contributed by atoms with Crippen LogP contribution in [-0.2, 0) is 35.6 Å². The molecule has 1 aliphatic heterocycles. The number of imidazole rings is 1. The molecular weight excluding hydrogens is 1080 g/mol. The van der Waals surface area contributed by atoms with Gasteiger partial charge in [0, 0.05) is 5.69 Å². The van der Waals surface area contributed by atoms with Crippen LogP contribution in [0.1, 0.15) is 79.0 Å². The van der Waals surface area contributed by atoms with Crippen LogP contribution in [0.5, 0.6) is 11.6 Å². The summed E-state index contributed by atoms with van der Waals surface area (Å²) < 4.78 is 12.5. The van der Waals surface area contributed by atoms with E-state index in [1.807, 2.05) is 42.5 Å².